The van der Waals surface area contributed by atoms with Gasteiger partial charge in [0.25, 0.3) is 0 Å². The van der Waals surface area contributed by atoms with Gasteiger partial charge in [0.15, 0.2) is 11.9 Å². The maximum absolute atomic E-state index is 13.1. The molecule has 0 N–H and O–H groups in total. The fourth-order valence-electron chi connectivity index (χ4n) is 1.18. The molecular formula is C9H6FNO2. The summed E-state index contributed by atoms with van der Waals surface area (Å²) in [5.74, 6) is -0.547. The molecule has 0 aliphatic carbocycles. The normalized spacial score (nSPS) is 10.6. The Morgan fingerprint density at radius 1 is 1.54 bits per heavy atom. The van der Waals surface area contributed by atoms with Crippen LogP contribution >= 0.6 is 0 Å². The van der Waals surface area contributed by atoms with Gasteiger partial charge in [-0.1, -0.05) is 5.16 Å². The van der Waals surface area contributed by atoms with Gasteiger partial charge in [0, 0.05) is 5.39 Å². The van der Waals surface area contributed by atoms with Crippen molar-refractivity contribution in [3.63, 3.8) is 0 Å². The fourth-order valence-corrected chi connectivity index (χ4v) is 1.18. The summed E-state index contributed by atoms with van der Waals surface area (Å²) in [7, 11) is 0. The molecule has 0 spiro atoms. The number of fused-ring (bicyclic) bond motifs is 1. The molecule has 2 aromatic rings. The van der Waals surface area contributed by atoms with Crippen LogP contribution in [0, 0.1) is 12.7 Å². The summed E-state index contributed by atoms with van der Waals surface area (Å²) in [5.41, 5.74) is 1.04. The molecule has 0 radical (unpaired) electrons. The van der Waals surface area contributed by atoms with Crippen molar-refractivity contribution >= 4 is 17.3 Å². The van der Waals surface area contributed by atoms with Crippen molar-refractivity contribution in [2.75, 3.05) is 0 Å². The van der Waals surface area contributed by atoms with Crippen LogP contribution in [0.25, 0.3) is 11.0 Å². The fraction of sp³-hybridized carbons (Fsp3) is 0.111. The molecule has 0 aliphatic heterocycles. The zero-order valence-corrected chi connectivity index (χ0v) is 6.87. The lowest BCUT2D eigenvalue weighted by Crippen LogP contribution is -1.86. The second kappa shape index (κ2) is 2.65. The number of aldehydes is 1. The Labute approximate surface area is 73.1 Å². The third-order valence-corrected chi connectivity index (χ3v) is 1.90. The van der Waals surface area contributed by atoms with E-state index in [9.17, 15) is 9.18 Å². The number of rotatable bonds is 1. The lowest BCUT2D eigenvalue weighted by molar-refractivity contribution is 0.112. The molecule has 2 rings (SSSR count). The average Bonchev–Trinajstić information content (AvgIpc) is 2.47. The van der Waals surface area contributed by atoms with E-state index in [1.54, 1.807) is 6.92 Å². The smallest absolute Gasteiger partial charge is 0.168 e. The van der Waals surface area contributed by atoms with E-state index in [2.05, 4.69) is 5.16 Å². The predicted octanol–water partition coefficient (Wildman–Crippen LogP) is 2.09. The molecule has 0 bridgehead atoms. The Morgan fingerprint density at radius 2 is 2.31 bits per heavy atom. The zero-order valence-electron chi connectivity index (χ0n) is 6.87. The highest BCUT2D eigenvalue weighted by atomic mass is 19.1. The van der Waals surface area contributed by atoms with Crippen molar-refractivity contribution in [3.8, 4) is 0 Å². The van der Waals surface area contributed by atoms with Crippen LogP contribution in [0.1, 0.15) is 16.1 Å². The first-order valence-corrected chi connectivity index (χ1v) is 3.73. The van der Waals surface area contributed by atoms with Crippen LogP contribution in [-0.2, 0) is 0 Å². The Kier molecular flexibility index (Phi) is 1.62. The lowest BCUT2D eigenvalue weighted by Gasteiger charge is -1.92. The largest absolute Gasteiger partial charge is 0.356 e. The highest BCUT2D eigenvalue weighted by molar-refractivity contribution is 5.86. The molecule has 4 heteroatoms. The SMILES string of the molecule is Cc1noc2cc(C=O)c(F)cc12. The van der Waals surface area contributed by atoms with Crippen LogP contribution in [0.2, 0.25) is 0 Å². The van der Waals surface area contributed by atoms with Crippen molar-refractivity contribution in [1.29, 1.82) is 0 Å². The van der Waals surface area contributed by atoms with E-state index in [1.807, 2.05) is 0 Å². The molecule has 0 unspecified atom stereocenters. The van der Waals surface area contributed by atoms with E-state index in [-0.39, 0.29) is 5.56 Å². The molecule has 0 saturated heterocycles. The summed E-state index contributed by atoms with van der Waals surface area (Å²) in [6.07, 6.45) is 0.451. The monoisotopic (exact) mass is 179 g/mol. The van der Waals surface area contributed by atoms with E-state index in [0.717, 1.165) is 0 Å². The number of aryl methyl sites for hydroxylation is 1. The quantitative estimate of drug-likeness (QED) is 0.629. The lowest BCUT2D eigenvalue weighted by atomic mass is 10.1. The van der Waals surface area contributed by atoms with Gasteiger partial charge in [-0.2, -0.15) is 0 Å². The molecule has 0 fully saturated rings. The molecule has 0 atom stereocenters. The number of nitrogens with zero attached hydrogens (tertiary/aromatic N) is 1. The molecule has 66 valence electrons. The van der Waals surface area contributed by atoms with E-state index < -0.39 is 5.82 Å². The Hall–Kier alpha value is -1.71. The van der Waals surface area contributed by atoms with Crippen LogP contribution in [0.4, 0.5) is 4.39 Å². The third kappa shape index (κ3) is 1.11. The predicted molar refractivity (Wildman–Crippen MR) is 44.1 cm³/mol. The topological polar surface area (TPSA) is 43.1 Å². The minimum atomic E-state index is -0.547. The Balaban J connectivity index is 2.83. The van der Waals surface area contributed by atoms with Gasteiger partial charge in [0.2, 0.25) is 0 Å². The van der Waals surface area contributed by atoms with Crippen molar-refractivity contribution in [2.45, 2.75) is 6.92 Å². The molecular weight excluding hydrogens is 173 g/mol. The van der Waals surface area contributed by atoms with E-state index in [1.165, 1.54) is 12.1 Å². The van der Waals surface area contributed by atoms with Gasteiger partial charge in [-0.3, -0.25) is 4.79 Å². The van der Waals surface area contributed by atoms with Crippen LogP contribution in [0.3, 0.4) is 0 Å². The number of benzene rings is 1. The van der Waals surface area contributed by atoms with Gasteiger partial charge in [-0.15, -0.1) is 0 Å². The average molecular weight is 179 g/mol. The summed E-state index contributed by atoms with van der Waals surface area (Å²) in [6.45, 7) is 1.71. The van der Waals surface area contributed by atoms with E-state index in [0.29, 0.717) is 22.9 Å². The summed E-state index contributed by atoms with van der Waals surface area (Å²) >= 11 is 0. The first-order valence-electron chi connectivity index (χ1n) is 3.73. The molecule has 1 heterocycles. The summed E-state index contributed by atoms with van der Waals surface area (Å²) < 4.78 is 17.9. The zero-order chi connectivity index (χ0) is 9.42. The second-order valence-corrected chi connectivity index (χ2v) is 2.76. The molecule has 0 saturated carbocycles. The van der Waals surface area contributed by atoms with Crippen LogP contribution in [-0.4, -0.2) is 11.4 Å². The summed E-state index contributed by atoms with van der Waals surface area (Å²) in [6, 6.07) is 2.60. The van der Waals surface area contributed by atoms with Crippen LogP contribution in [0.5, 0.6) is 0 Å². The van der Waals surface area contributed by atoms with Gasteiger partial charge in [0.05, 0.1) is 11.3 Å². The second-order valence-electron chi connectivity index (χ2n) is 2.76. The third-order valence-electron chi connectivity index (χ3n) is 1.90. The van der Waals surface area contributed by atoms with E-state index >= 15 is 0 Å². The number of hydrogen-bond acceptors (Lipinski definition) is 3. The summed E-state index contributed by atoms with van der Waals surface area (Å²) in [4.78, 5) is 10.4. The van der Waals surface area contributed by atoms with Crippen LogP contribution in [0.15, 0.2) is 16.7 Å². The maximum Gasteiger partial charge on any atom is 0.168 e. The Bertz CT molecular complexity index is 476. The molecule has 1 aromatic heterocycles. The Morgan fingerprint density at radius 3 is 3.00 bits per heavy atom. The minimum Gasteiger partial charge on any atom is -0.356 e. The molecule has 0 aliphatic rings. The van der Waals surface area contributed by atoms with Gasteiger partial charge in [0.1, 0.15) is 5.82 Å². The standard InChI is InChI=1S/C9H6FNO2/c1-5-7-3-8(10)6(4-12)2-9(7)13-11-5/h2-4H,1H3. The van der Waals surface area contributed by atoms with Crippen molar-refractivity contribution < 1.29 is 13.7 Å². The van der Waals surface area contributed by atoms with Crippen molar-refractivity contribution in [2.24, 2.45) is 0 Å². The first kappa shape index (κ1) is 7.91. The highest BCUT2D eigenvalue weighted by Gasteiger charge is 2.09. The number of carbonyl (C=O) groups is 1. The number of aromatic nitrogens is 1. The van der Waals surface area contributed by atoms with Crippen molar-refractivity contribution in [1.82, 2.24) is 5.16 Å². The minimum absolute atomic E-state index is 0.0105. The molecule has 13 heavy (non-hydrogen) atoms. The van der Waals surface area contributed by atoms with Crippen molar-refractivity contribution in [3.05, 3.63) is 29.2 Å². The van der Waals surface area contributed by atoms with Gasteiger partial charge in [-0.05, 0) is 19.1 Å². The van der Waals surface area contributed by atoms with E-state index in [4.69, 9.17) is 4.52 Å². The summed E-state index contributed by atoms with van der Waals surface area (Å²) in [5, 5.41) is 4.25. The highest BCUT2D eigenvalue weighted by Crippen LogP contribution is 2.20. The van der Waals surface area contributed by atoms with Gasteiger partial charge >= 0.3 is 0 Å². The number of hydrogen-bond donors (Lipinski definition) is 0. The van der Waals surface area contributed by atoms with Gasteiger partial charge < -0.3 is 4.52 Å². The molecule has 1 aromatic carbocycles. The van der Waals surface area contributed by atoms with Crippen LogP contribution < -0.4 is 0 Å². The molecule has 3 nitrogen and oxygen atoms in total. The maximum atomic E-state index is 13.1. The first-order chi connectivity index (χ1) is 6.22. The van der Waals surface area contributed by atoms with Gasteiger partial charge in [-0.25, -0.2) is 4.39 Å². The number of carbonyl (C=O) groups excluding carboxylic acids is 1. The molecule has 0 amide bonds. The number of halogens is 1.